The average Bonchev–Trinajstić information content (AvgIpc) is 3.41. The van der Waals surface area contributed by atoms with E-state index in [0.717, 1.165) is 21.9 Å². The lowest BCUT2D eigenvalue weighted by atomic mass is 10.2. The molecule has 0 atom stereocenters. The molecule has 28 heavy (non-hydrogen) atoms. The zero-order chi connectivity index (χ0) is 19.8. The molecule has 8 nitrogen and oxygen atoms in total. The lowest BCUT2D eigenvalue weighted by Crippen LogP contribution is -2.24. The highest BCUT2D eigenvalue weighted by molar-refractivity contribution is 7.99. The first kappa shape index (κ1) is 19.9. The molecule has 0 radical (unpaired) electrons. The number of ether oxygens (including phenoxy) is 1. The van der Waals surface area contributed by atoms with Crippen LogP contribution in [0.2, 0.25) is 0 Å². The van der Waals surface area contributed by atoms with Crippen LogP contribution in [-0.2, 0) is 11.3 Å². The molecule has 1 amide bonds. The van der Waals surface area contributed by atoms with E-state index in [0.29, 0.717) is 17.6 Å². The van der Waals surface area contributed by atoms with Crippen LogP contribution < -0.4 is 15.5 Å². The molecule has 0 aliphatic rings. The number of carbonyl (C=O) groups excluding carboxylic acids is 1. The van der Waals surface area contributed by atoms with Crippen molar-refractivity contribution in [2.24, 2.45) is 5.10 Å². The Morgan fingerprint density at radius 3 is 2.86 bits per heavy atom. The van der Waals surface area contributed by atoms with Gasteiger partial charge in [0.1, 0.15) is 5.75 Å². The van der Waals surface area contributed by atoms with Crippen molar-refractivity contribution in [3.05, 3.63) is 52.2 Å². The van der Waals surface area contributed by atoms with Gasteiger partial charge in [-0.2, -0.15) is 10.1 Å². The van der Waals surface area contributed by atoms with Gasteiger partial charge in [0.15, 0.2) is 0 Å². The number of hydrogen-bond donors (Lipinski definition) is 3. The Kier molecular flexibility index (Phi) is 7.04. The number of hydrogen-bond acceptors (Lipinski definition) is 8. The minimum absolute atomic E-state index is 0.0910. The van der Waals surface area contributed by atoms with Gasteiger partial charge < -0.3 is 10.1 Å². The van der Waals surface area contributed by atoms with E-state index in [1.165, 1.54) is 11.8 Å². The van der Waals surface area contributed by atoms with Crippen molar-refractivity contribution in [1.82, 2.24) is 20.5 Å². The largest absolute Gasteiger partial charge is 0.497 e. The van der Waals surface area contributed by atoms with E-state index >= 15 is 0 Å². The van der Waals surface area contributed by atoms with E-state index in [4.69, 9.17) is 4.74 Å². The first-order valence-corrected chi connectivity index (χ1v) is 10.3. The molecule has 3 rings (SSSR count). The summed E-state index contributed by atoms with van der Waals surface area (Å²) in [6.45, 7) is 2.37. The molecule has 3 aromatic rings. The molecule has 0 saturated carbocycles. The smallest absolute Gasteiger partial charge is 0.240 e. The molecule has 10 heteroatoms. The van der Waals surface area contributed by atoms with Crippen LogP contribution in [0.4, 0.5) is 5.95 Å². The highest BCUT2D eigenvalue weighted by Crippen LogP contribution is 2.15. The van der Waals surface area contributed by atoms with Crippen LogP contribution in [0.1, 0.15) is 17.4 Å². The molecule has 0 unspecified atom stereocenters. The predicted molar refractivity (Wildman–Crippen MR) is 112 cm³/mol. The van der Waals surface area contributed by atoms with Crippen LogP contribution in [0.25, 0.3) is 0 Å². The second-order valence-corrected chi connectivity index (χ2v) is 7.56. The fourth-order valence-electron chi connectivity index (χ4n) is 2.16. The Balaban J connectivity index is 1.42. The fourth-order valence-corrected chi connectivity index (χ4v) is 3.47. The van der Waals surface area contributed by atoms with E-state index in [9.17, 15) is 4.79 Å². The average molecular weight is 417 g/mol. The number of H-pyrrole nitrogens is 1. The molecule has 2 heterocycles. The summed E-state index contributed by atoms with van der Waals surface area (Å²) in [5, 5.41) is 16.4. The van der Waals surface area contributed by atoms with Crippen molar-refractivity contribution >= 4 is 40.7 Å². The third-order valence-electron chi connectivity index (χ3n) is 3.65. The third-order valence-corrected chi connectivity index (χ3v) is 5.48. The van der Waals surface area contributed by atoms with Gasteiger partial charge in [-0.25, -0.2) is 10.5 Å². The summed E-state index contributed by atoms with van der Waals surface area (Å²) in [6.07, 6.45) is 0. The van der Waals surface area contributed by atoms with E-state index in [1.54, 1.807) is 18.4 Å². The topological polar surface area (TPSA) is 104 Å². The Hall–Kier alpha value is -2.85. The summed E-state index contributed by atoms with van der Waals surface area (Å²) in [7, 11) is 1.62. The third kappa shape index (κ3) is 5.83. The lowest BCUT2D eigenvalue weighted by Gasteiger charge is -2.05. The Morgan fingerprint density at radius 2 is 2.14 bits per heavy atom. The summed E-state index contributed by atoms with van der Waals surface area (Å²) in [6, 6.07) is 11.5. The lowest BCUT2D eigenvalue weighted by molar-refractivity contribution is -0.118. The Bertz CT molecular complexity index is 922. The first-order chi connectivity index (χ1) is 13.6. The van der Waals surface area contributed by atoms with Gasteiger partial charge in [-0.1, -0.05) is 30.0 Å². The fraction of sp³-hybridized carbons (Fsp3) is 0.222. The zero-order valence-corrected chi connectivity index (χ0v) is 17.1. The van der Waals surface area contributed by atoms with Gasteiger partial charge in [0.05, 0.1) is 18.6 Å². The summed E-state index contributed by atoms with van der Waals surface area (Å²) >= 11 is 2.87. The van der Waals surface area contributed by atoms with Crippen molar-refractivity contribution in [2.75, 3.05) is 18.3 Å². The maximum absolute atomic E-state index is 12.0. The number of anilines is 1. The maximum atomic E-state index is 12.0. The van der Waals surface area contributed by atoms with Crippen LogP contribution in [0, 0.1) is 0 Å². The minimum Gasteiger partial charge on any atom is -0.497 e. The predicted octanol–water partition coefficient (Wildman–Crippen LogP) is 3.12. The number of thiophene rings is 1. The summed E-state index contributed by atoms with van der Waals surface area (Å²) in [5.74, 6) is 1.35. The number of nitrogens with one attached hydrogen (secondary N) is 3. The zero-order valence-electron chi connectivity index (χ0n) is 15.4. The number of thioether (sulfide) groups is 1. The molecule has 1 aromatic carbocycles. The number of amides is 1. The molecule has 2 aromatic heterocycles. The van der Waals surface area contributed by atoms with Gasteiger partial charge >= 0.3 is 0 Å². The van der Waals surface area contributed by atoms with E-state index in [1.807, 2.05) is 48.7 Å². The van der Waals surface area contributed by atoms with Crippen LogP contribution in [0.15, 0.2) is 52.0 Å². The molecular weight excluding hydrogens is 396 g/mol. The number of carbonyl (C=O) groups is 1. The first-order valence-electron chi connectivity index (χ1n) is 8.43. The number of hydrazone groups is 1. The number of benzene rings is 1. The van der Waals surface area contributed by atoms with Crippen molar-refractivity contribution < 1.29 is 9.53 Å². The Labute approximate surface area is 170 Å². The molecule has 0 aliphatic carbocycles. The number of aromatic nitrogens is 3. The standard InChI is InChI=1S/C18H20N6O2S2/c1-12(15-4-3-9-27-15)21-22-17-20-18(24-23-17)28-11-16(25)19-10-13-5-7-14(26-2)8-6-13/h3-9H,10-11H2,1-2H3,(H,19,25)(H2,20,22,23,24)/b21-12-. The normalized spacial score (nSPS) is 11.3. The molecule has 0 aliphatic heterocycles. The summed E-state index contributed by atoms with van der Waals surface area (Å²) in [5.41, 5.74) is 4.70. The molecule has 0 spiro atoms. The molecule has 3 N–H and O–H groups in total. The molecular formula is C18H20N6O2S2. The van der Waals surface area contributed by atoms with Gasteiger partial charge in [0.2, 0.25) is 17.0 Å². The molecule has 0 bridgehead atoms. The van der Waals surface area contributed by atoms with Gasteiger partial charge in [0, 0.05) is 11.4 Å². The van der Waals surface area contributed by atoms with E-state index < -0.39 is 0 Å². The highest BCUT2D eigenvalue weighted by atomic mass is 32.2. The van der Waals surface area contributed by atoms with Crippen LogP contribution in [0.5, 0.6) is 5.75 Å². The number of methoxy groups -OCH3 is 1. The number of rotatable bonds is 9. The quantitative estimate of drug-likeness (QED) is 0.281. The van der Waals surface area contributed by atoms with Gasteiger partial charge in [0.25, 0.3) is 0 Å². The highest BCUT2D eigenvalue weighted by Gasteiger charge is 2.08. The second-order valence-electron chi connectivity index (χ2n) is 5.67. The molecule has 146 valence electrons. The monoisotopic (exact) mass is 416 g/mol. The van der Waals surface area contributed by atoms with Gasteiger partial charge in [-0.3, -0.25) is 4.79 Å². The van der Waals surface area contributed by atoms with Crippen molar-refractivity contribution in [3.63, 3.8) is 0 Å². The van der Waals surface area contributed by atoms with Crippen LogP contribution >= 0.6 is 23.1 Å². The van der Waals surface area contributed by atoms with Crippen LogP contribution in [0.3, 0.4) is 0 Å². The SMILES string of the molecule is COc1ccc(CNC(=O)CSc2n[nH]c(N/N=C(/C)c3cccs3)n2)cc1. The summed E-state index contributed by atoms with van der Waals surface area (Å²) in [4.78, 5) is 17.3. The Morgan fingerprint density at radius 1 is 1.32 bits per heavy atom. The summed E-state index contributed by atoms with van der Waals surface area (Å²) < 4.78 is 5.11. The number of aromatic amines is 1. The van der Waals surface area contributed by atoms with Gasteiger partial charge in [-0.15, -0.1) is 16.4 Å². The maximum Gasteiger partial charge on any atom is 0.240 e. The van der Waals surface area contributed by atoms with E-state index in [-0.39, 0.29) is 11.7 Å². The van der Waals surface area contributed by atoms with Crippen LogP contribution in [-0.4, -0.2) is 39.7 Å². The van der Waals surface area contributed by atoms with Crippen molar-refractivity contribution in [2.45, 2.75) is 18.6 Å². The minimum atomic E-state index is -0.0910. The number of nitrogens with zero attached hydrogens (tertiary/aromatic N) is 3. The van der Waals surface area contributed by atoms with Crippen molar-refractivity contribution in [1.29, 1.82) is 0 Å². The molecule has 0 saturated heterocycles. The van der Waals surface area contributed by atoms with E-state index in [2.05, 4.69) is 31.0 Å². The van der Waals surface area contributed by atoms with Gasteiger partial charge in [-0.05, 0) is 36.1 Å². The van der Waals surface area contributed by atoms with Crippen molar-refractivity contribution in [3.8, 4) is 5.75 Å². The second kappa shape index (κ2) is 9.90. The molecule has 0 fully saturated rings.